The second kappa shape index (κ2) is 8.60. The van der Waals surface area contributed by atoms with Crippen molar-refractivity contribution < 1.29 is 9.84 Å². The van der Waals surface area contributed by atoms with Crippen LogP contribution in [0.1, 0.15) is 51.2 Å². The molecule has 0 fully saturated rings. The maximum Gasteiger partial charge on any atom is 0.119 e. The van der Waals surface area contributed by atoms with Gasteiger partial charge in [-0.05, 0) is 37.5 Å². The molecule has 0 saturated heterocycles. The Balaban J connectivity index is 2.44. The predicted molar refractivity (Wildman–Crippen MR) is 74.5 cm³/mol. The Morgan fingerprint density at radius 2 is 2.00 bits per heavy atom. The normalized spacial score (nSPS) is 11.5. The standard InChI is InChI=1S/C16H22O2/c1-3-5-7-8-16(17)14-9-11-15(12-10-14)18-13-6-4-2/h9-12,16-17H,4,6-8,13H2,1-2H3. The number of aliphatic hydroxyl groups is 1. The lowest BCUT2D eigenvalue weighted by atomic mass is 10.1. The molecule has 0 saturated carbocycles. The van der Waals surface area contributed by atoms with Crippen LogP contribution in [0.2, 0.25) is 0 Å². The molecule has 2 nitrogen and oxygen atoms in total. The molecule has 0 aliphatic carbocycles. The predicted octanol–water partition coefficient (Wildman–Crippen LogP) is 3.70. The summed E-state index contributed by atoms with van der Waals surface area (Å²) in [5.74, 6) is 6.66. The second-order valence-corrected chi connectivity index (χ2v) is 4.25. The fraction of sp³-hybridized carbons (Fsp3) is 0.500. The molecule has 0 spiro atoms. The Morgan fingerprint density at radius 3 is 2.61 bits per heavy atom. The molecule has 2 heteroatoms. The molecule has 0 radical (unpaired) electrons. The lowest BCUT2D eigenvalue weighted by molar-refractivity contribution is 0.169. The Hall–Kier alpha value is -1.46. The lowest BCUT2D eigenvalue weighted by Crippen LogP contribution is -1.99. The second-order valence-electron chi connectivity index (χ2n) is 4.25. The molecule has 1 aromatic carbocycles. The van der Waals surface area contributed by atoms with Gasteiger partial charge in [-0.1, -0.05) is 25.5 Å². The molecule has 18 heavy (non-hydrogen) atoms. The van der Waals surface area contributed by atoms with E-state index in [0.717, 1.165) is 37.2 Å². The molecular formula is C16H22O2. The first-order valence-corrected chi connectivity index (χ1v) is 6.58. The van der Waals surface area contributed by atoms with Crippen LogP contribution in [0.4, 0.5) is 0 Å². The smallest absolute Gasteiger partial charge is 0.119 e. The SMILES string of the molecule is CC#CCCC(O)c1ccc(OCCCC)cc1. The fourth-order valence-corrected chi connectivity index (χ4v) is 1.62. The van der Waals surface area contributed by atoms with Gasteiger partial charge in [-0.25, -0.2) is 0 Å². The van der Waals surface area contributed by atoms with Crippen LogP contribution in [0.15, 0.2) is 24.3 Å². The summed E-state index contributed by atoms with van der Waals surface area (Å²) in [5, 5.41) is 9.94. The highest BCUT2D eigenvalue weighted by molar-refractivity contribution is 5.28. The van der Waals surface area contributed by atoms with Gasteiger partial charge in [0.2, 0.25) is 0 Å². The molecule has 1 unspecified atom stereocenters. The fourth-order valence-electron chi connectivity index (χ4n) is 1.62. The maximum absolute atomic E-state index is 9.94. The zero-order chi connectivity index (χ0) is 13.2. The van der Waals surface area contributed by atoms with Crippen molar-refractivity contribution >= 4 is 0 Å². The van der Waals surface area contributed by atoms with E-state index >= 15 is 0 Å². The molecule has 1 atom stereocenters. The summed E-state index contributed by atoms with van der Waals surface area (Å²) in [4.78, 5) is 0. The topological polar surface area (TPSA) is 29.5 Å². The van der Waals surface area contributed by atoms with E-state index in [1.54, 1.807) is 0 Å². The van der Waals surface area contributed by atoms with Crippen molar-refractivity contribution in [3.63, 3.8) is 0 Å². The van der Waals surface area contributed by atoms with E-state index in [-0.39, 0.29) is 0 Å². The minimum atomic E-state index is -0.435. The van der Waals surface area contributed by atoms with E-state index in [4.69, 9.17) is 4.74 Å². The molecule has 0 bridgehead atoms. The number of hydrogen-bond acceptors (Lipinski definition) is 2. The third-order valence-electron chi connectivity index (χ3n) is 2.75. The van der Waals surface area contributed by atoms with Gasteiger partial charge < -0.3 is 9.84 Å². The minimum Gasteiger partial charge on any atom is -0.494 e. The van der Waals surface area contributed by atoms with Crippen molar-refractivity contribution in [1.82, 2.24) is 0 Å². The van der Waals surface area contributed by atoms with Gasteiger partial charge in [-0.15, -0.1) is 11.8 Å². The maximum atomic E-state index is 9.94. The quantitative estimate of drug-likeness (QED) is 0.587. The molecule has 0 heterocycles. The van der Waals surface area contributed by atoms with Crippen molar-refractivity contribution in [2.24, 2.45) is 0 Å². The number of aliphatic hydroxyl groups excluding tert-OH is 1. The van der Waals surface area contributed by atoms with Crippen LogP contribution in [-0.2, 0) is 0 Å². The van der Waals surface area contributed by atoms with Crippen molar-refractivity contribution in [3.05, 3.63) is 29.8 Å². The van der Waals surface area contributed by atoms with Gasteiger partial charge in [-0.2, -0.15) is 0 Å². The van der Waals surface area contributed by atoms with Crippen molar-refractivity contribution in [2.75, 3.05) is 6.61 Å². The zero-order valence-electron chi connectivity index (χ0n) is 11.3. The molecule has 0 aliphatic rings. The van der Waals surface area contributed by atoms with Gasteiger partial charge in [0, 0.05) is 6.42 Å². The summed E-state index contributed by atoms with van der Waals surface area (Å²) in [6.45, 7) is 4.71. The third kappa shape index (κ3) is 5.25. The summed E-state index contributed by atoms with van der Waals surface area (Å²) in [5.41, 5.74) is 0.927. The summed E-state index contributed by atoms with van der Waals surface area (Å²) in [7, 11) is 0. The minimum absolute atomic E-state index is 0.435. The lowest BCUT2D eigenvalue weighted by Gasteiger charge is -2.10. The van der Waals surface area contributed by atoms with Crippen LogP contribution in [0.3, 0.4) is 0 Å². The van der Waals surface area contributed by atoms with Crippen LogP contribution < -0.4 is 4.74 Å². The Morgan fingerprint density at radius 1 is 1.28 bits per heavy atom. The number of hydrogen-bond donors (Lipinski definition) is 1. The summed E-state index contributed by atoms with van der Waals surface area (Å²) < 4.78 is 5.58. The first kappa shape index (κ1) is 14.6. The van der Waals surface area contributed by atoms with Crippen molar-refractivity contribution in [3.8, 4) is 17.6 Å². The van der Waals surface area contributed by atoms with Crippen LogP contribution >= 0.6 is 0 Å². The third-order valence-corrected chi connectivity index (χ3v) is 2.75. The molecule has 1 rings (SSSR count). The van der Waals surface area contributed by atoms with Crippen LogP contribution in [-0.4, -0.2) is 11.7 Å². The van der Waals surface area contributed by atoms with Gasteiger partial charge in [0.05, 0.1) is 12.7 Å². The Kier molecular flexibility index (Phi) is 6.98. The van der Waals surface area contributed by atoms with E-state index in [9.17, 15) is 5.11 Å². The van der Waals surface area contributed by atoms with Gasteiger partial charge in [0.15, 0.2) is 0 Å². The molecular weight excluding hydrogens is 224 g/mol. The van der Waals surface area contributed by atoms with Crippen LogP contribution in [0.5, 0.6) is 5.75 Å². The van der Waals surface area contributed by atoms with E-state index in [0.29, 0.717) is 6.42 Å². The molecule has 1 aromatic rings. The average molecular weight is 246 g/mol. The number of benzene rings is 1. The molecule has 0 aliphatic heterocycles. The summed E-state index contributed by atoms with van der Waals surface area (Å²) >= 11 is 0. The first-order chi connectivity index (χ1) is 8.77. The van der Waals surface area contributed by atoms with Gasteiger partial charge in [0.1, 0.15) is 5.75 Å². The van der Waals surface area contributed by atoms with Crippen LogP contribution in [0.25, 0.3) is 0 Å². The first-order valence-electron chi connectivity index (χ1n) is 6.58. The van der Waals surface area contributed by atoms with Crippen molar-refractivity contribution in [1.29, 1.82) is 0 Å². The molecule has 0 amide bonds. The molecule has 1 N–H and O–H groups in total. The van der Waals surface area contributed by atoms with E-state index in [1.807, 2.05) is 31.2 Å². The number of ether oxygens (including phenoxy) is 1. The Bertz CT molecular complexity index is 384. The molecule has 0 aromatic heterocycles. The average Bonchev–Trinajstić information content (AvgIpc) is 2.40. The van der Waals surface area contributed by atoms with Gasteiger partial charge in [-0.3, -0.25) is 0 Å². The number of rotatable bonds is 7. The van der Waals surface area contributed by atoms with Gasteiger partial charge in [0.25, 0.3) is 0 Å². The highest BCUT2D eigenvalue weighted by atomic mass is 16.5. The van der Waals surface area contributed by atoms with Crippen LogP contribution in [0, 0.1) is 11.8 Å². The monoisotopic (exact) mass is 246 g/mol. The van der Waals surface area contributed by atoms with E-state index < -0.39 is 6.10 Å². The van der Waals surface area contributed by atoms with E-state index in [1.165, 1.54) is 0 Å². The zero-order valence-corrected chi connectivity index (χ0v) is 11.3. The highest BCUT2D eigenvalue weighted by Gasteiger charge is 2.06. The summed E-state index contributed by atoms with van der Waals surface area (Å²) in [6.07, 6.45) is 3.18. The van der Waals surface area contributed by atoms with E-state index in [2.05, 4.69) is 18.8 Å². The highest BCUT2D eigenvalue weighted by Crippen LogP contribution is 2.21. The van der Waals surface area contributed by atoms with Gasteiger partial charge >= 0.3 is 0 Å². The number of unbranched alkanes of at least 4 members (excludes halogenated alkanes) is 1. The largest absolute Gasteiger partial charge is 0.494 e. The molecule has 98 valence electrons. The Labute approximate surface area is 110 Å². The summed E-state index contributed by atoms with van der Waals surface area (Å²) in [6, 6.07) is 7.68. The van der Waals surface area contributed by atoms with Crippen molar-refractivity contribution in [2.45, 2.75) is 45.6 Å².